The number of amides is 3. The molecular weight excluding hydrogens is 512 g/mol. The highest BCUT2D eigenvalue weighted by atomic mass is 16.6. The molecule has 0 atom stereocenters. The van der Waals surface area contributed by atoms with Gasteiger partial charge in [-0.3, -0.25) is 4.98 Å². The van der Waals surface area contributed by atoms with Gasteiger partial charge in [-0.15, -0.1) is 0 Å². The number of carbonyl (C=O) groups excluding carboxylic acids is 3. The zero-order valence-corrected chi connectivity index (χ0v) is 26.4. The molecule has 0 aliphatic rings. The molecule has 0 aliphatic carbocycles. The van der Waals surface area contributed by atoms with E-state index in [-0.39, 0.29) is 6.09 Å². The van der Waals surface area contributed by atoms with E-state index in [1.54, 1.807) is 20.9 Å². The van der Waals surface area contributed by atoms with E-state index in [0.717, 1.165) is 5.69 Å². The second-order valence-electron chi connectivity index (χ2n) is 12.8. The molecule has 1 aromatic rings. The average Bonchev–Trinajstić information content (AvgIpc) is 2.79. The summed E-state index contributed by atoms with van der Waals surface area (Å²) in [5.41, 5.74) is -0.963. The fourth-order valence-corrected chi connectivity index (χ4v) is 3.65. The molecule has 1 rings (SSSR count). The van der Waals surface area contributed by atoms with E-state index in [1.807, 2.05) is 87.4 Å². The maximum Gasteiger partial charge on any atom is 0.410 e. The van der Waals surface area contributed by atoms with E-state index in [1.165, 1.54) is 0 Å². The minimum atomic E-state index is -0.646. The summed E-state index contributed by atoms with van der Waals surface area (Å²) in [5.74, 6) is 0. The summed E-state index contributed by atoms with van der Waals surface area (Å²) in [7, 11) is 0. The van der Waals surface area contributed by atoms with Crippen LogP contribution in [0, 0.1) is 0 Å². The van der Waals surface area contributed by atoms with E-state index in [0.29, 0.717) is 58.5 Å². The first-order valence-electron chi connectivity index (χ1n) is 14.2. The fraction of sp³-hybridized carbons (Fsp3) is 0.733. The number of rotatable bonds is 12. The average molecular weight is 565 g/mol. The van der Waals surface area contributed by atoms with Gasteiger partial charge in [0, 0.05) is 57.6 Å². The van der Waals surface area contributed by atoms with Crippen LogP contribution in [0.3, 0.4) is 0 Å². The molecule has 0 N–H and O–H groups in total. The lowest BCUT2D eigenvalue weighted by molar-refractivity contribution is 0.0192. The molecule has 10 heteroatoms. The van der Waals surface area contributed by atoms with E-state index in [4.69, 9.17) is 14.2 Å². The Balaban J connectivity index is 2.86. The molecule has 228 valence electrons. The summed E-state index contributed by atoms with van der Waals surface area (Å²) in [6.45, 7) is 21.0. The van der Waals surface area contributed by atoms with Gasteiger partial charge in [0.1, 0.15) is 16.8 Å². The molecule has 40 heavy (non-hydrogen) atoms. The Hall–Kier alpha value is -3.04. The summed E-state index contributed by atoms with van der Waals surface area (Å²) in [6, 6.07) is 5.70. The summed E-state index contributed by atoms with van der Waals surface area (Å²) in [5, 5.41) is 0. The molecule has 1 aromatic heterocycles. The number of aromatic nitrogens is 1. The van der Waals surface area contributed by atoms with Crippen molar-refractivity contribution in [2.45, 2.75) is 105 Å². The molecule has 0 bridgehead atoms. The van der Waals surface area contributed by atoms with Gasteiger partial charge in [0.15, 0.2) is 0 Å². The predicted molar refractivity (Wildman–Crippen MR) is 156 cm³/mol. The van der Waals surface area contributed by atoms with Crippen molar-refractivity contribution in [1.82, 2.24) is 19.7 Å². The van der Waals surface area contributed by atoms with Crippen LogP contribution < -0.4 is 0 Å². The molecule has 0 saturated carbocycles. The molecule has 3 amide bonds. The zero-order chi connectivity index (χ0) is 30.6. The van der Waals surface area contributed by atoms with Crippen LogP contribution in [0.25, 0.3) is 0 Å². The smallest absolute Gasteiger partial charge is 0.410 e. The molecule has 0 radical (unpaired) electrons. The highest BCUT2D eigenvalue weighted by Crippen LogP contribution is 2.14. The van der Waals surface area contributed by atoms with Crippen LogP contribution in [-0.4, -0.2) is 94.0 Å². The summed E-state index contributed by atoms with van der Waals surface area (Å²) in [4.78, 5) is 47.8. The van der Waals surface area contributed by atoms with E-state index < -0.39 is 29.0 Å². The van der Waals surface area contributed by atoms with Crippen molar-refractivity contribution in [1.29, 1.82) is 0 Å². The largest absolute Gasteiger partial charge is 0.444 e. The second-order valence-corrected chi connectivity index (χ2v) is 12.8. The van der Waals surface area contributed by atoms with Gasteiger partial charge in [-0.05, 0) is 94.2 Å². The number of hydrogen-bond donors (Lipinski definition) is 0. The predicted octanol–water partition coefficient (Wildman–Crippen LogP) is 6.14. The minimum absolute atomic E-state index is 0.375. The van der Waals surface area contributed by atoms with Crippen LogP contribution in [0.2, 0.25) is 0 Å². The van der Waals surface area contributed by atoms with Crippen molar-refractivity contribution < 1.29 is 28.6 Å². The normalized spacial score (nSPS) is 11.9. The Bertz CT molecular complexity index is 919. The maximum absolute atomic E-state index is 13.0. The van der Waals surface area contributed by atoms with Crippen molar-refractivity contribution in [3.8, 4) is 0 Å². The Morgan fingerprint density at radius 2 is 1.05 bits per heavy atom. The highest BCUT2D eigenvalue weighted by molar-refractivity contribution is 5.69. The van der Waals surface area contributed by atoms with Gasteiger partial charge in [-0.25, -0.2) is 14.4 Å². The van der Waals surface area contributed by atoms with Gasteiger partial charge in [0.2, 0.25) is 0 Å². The SMILES string of the molecule is CCN(CCCN(CCCN(CCc1ccccn1)C(=O)OC(C)(C)C)C(=O)OC(C)(C)C)C(=O)OC(C)(C)C. The van der Waals surface area contributed by atoms with Gasteiger partial charge in [0.25, 0.3) is 0 Å². The van der Waals surface area contributed by atoms with Crippen LogP contribution in [0.15, 0.2) is 24.4 Å². The number of pyridine rings is 1. The van der Waals surface area contributed by atoms with Crippen LogP contribution in [0.5, 0.6) is 0 Å². The summed E-state index contributed by atoms with van der Waals surface area (Å²) in [6.07, 6.45) is 2.21. The van der Waals surface area contributed by atoms with Crippen molar-refractivity contribution in [3.63, 3.8) is 0 Å². The molecule has 0 saturated heterocycles. The lowest BCUT2D eigenvalue weighted by Gasteiger charge is -2.30. The van der Waals surface area contributed by atoms with Crippen molar-refractivity contribution in [3.05, 3.63) is 30.1 Å². The third kappa shape index (κ3) is 15.5. The molecule has 10 nitrogen and oxygen atoms in total. The second kappa shape index (κ2) is 15.7. The number of nitrogens with zero attached hydrogens (tertiary/aromatic N) is 4. The Morgan fingerprint density at radius 1 is 0.650 bits per heavy atom. The first-order chi connectivity index (χ1) is 18.4. The van der Waals surface area contributed by atoms with Crippen molar-refractivity contribution in [2.75, 3.05) is 39.3 Å². The number of hydrogen-bond acceptors (Lipinski definition) is 7. The third-order valence-corrected chi connectivity index (χ3v) is 5.41. The van der Waals surface area contributed by atoms with Crippen LogP contribution in [0.1, 0.15) is 87.8 Å². The quantitative estimate of drug-likeness (QED) is 0.281. The first-order valence-corrected chi connectivity index (χ1v) is 14.2. The maximum atomic E-state index is 13.0. The van der Waals surface area contributed by atoms with E-state index in [9.17, 15) is 14.4 Å². The van der Waals surface area contributed by atoms with E-state index >= 15 is 0 Å². The first kappa shape index (κ1) is 35.0. The Labute approximate surface area is 241 Å². The lowest BCUT2D eigenvalue weighted by Crippen LogP contribution is -2.42. The van der Waals surface area contributed by atoms with Gasteiger partial charge in [-0.1, -0.05) is 6.07 Å². The van der Waals surface area contributed by atoms with E-state index in [2.05, 4.69) is 4.98 Å². The van der Waals surface area contributed by atoms with Crippen LogP contribution >= 0.6 is 0 Å². The standard InChI is InChI=1S/C30H52N4O6/c1-11-32(25(35)38-28(2,3)4)19-14-20-33(26(36)39-29(5,6)7)21-15-22-34(27(37)40-30(8,9)10)23-17-24-16-12-13-18-31-24/h12-13,16,18H,11,14-15,17,19-23H2,1-10H3. The zero-order valence-electron chi connectivity index (χ0n) is 26.4. The molecule has 0 aromatic carbocycles. The van der Waals surface area contributed by atoms with Gasteiger partial charge < -0.3 is 28.9 Å². The monoisotopic (exact) mass is 564 g/mol. The number of ether oxygens (including phenoxy) is 3. The molecule has 0 spiro atoms. The molecule has 0 fully saturated rings. The summed E-state index contributed by atoms with van der Waals surface area (Å²) < 4.78 is 16.8. The molecule has 1 heterocycles. The van der Waals surface area contributed by atoms with Gasteiger partial charge in [0.05, 0.1) is 0 Å². The minimum Gasteiger partial charge on any atom is -0.444 e. The Kier molecular flexibility index (Phi) is 13.7. The fourth-order valence-electron chi connectivity index (χ4n) is 3.65. The summed E-state index contributed by atoms with van der Waals surface area (Å²) >= 11 is 0. The molecule has 0 unspecified atom stereocenters. The van der Waals surface area contributed by atoms with Crippen LogP contribution in [0.4, 0.5) is 14.4 Å². The van der Waals surface area contributed by atoms with Crippen LogP contribution in [-0.2, 0) is 20.6 Å². The van der Waals surface area contributed by atoms with Crippen molar-refractivity contribution in [2.24, 2.45) is 0 Å². The molecule has 0 aliphatic heterocycles. The van der Waals surface area contributed by atoms with Gasteiger partial charge in [-0.2, -0.15) is 0 Å². The number of carbonyl (C=O) groups is 3. The highest BCUT2D eigenvalue weighted by Gasteiger charge is 2.26. The lowest BCUT2D eigenvalue weighted by atomic mass is 10.2. The van der Waals surface area contributed by atoms with Crippen molar-refractivity contribution >= 4 is 18.3 Å². The topological polar surface area (TPSA) is 102 Å². The van der Waals surface area contributed by atoms with Gasteiger partial charge >= 0.3 is 18.3 Å². The third-order valence-electron chi connectivity index (χ3n) is 5.41. The molecular formula is C30H52N4O6. The Morgan fingerprint density at radius 3 is 1.43 bits per heavy atom.